The maximum Gasteiger partial charge on any atom is 0.407 e. The van der Waals surface area contributed by atoms with Crippen LogP contribution in [0.5, 0.6) is 0 Å². The Labute approximate surface area is 392 Å². The summed E-state index contributed by atoms with van der Waals surface area (Å²) in [7, 11) is 1.66. The molecule has 2 heterocycles. The third kappa shape index (κ3) is 17.5. The van der Waals surface area contributed by atoms with Crippen LogP contribution < -0.4 is 26.8 Å². The van der Waals surface area contributed by atoms with E-state index in [1.165, 1.54) is 5.57 Å². The Balaban J connectivity index is 1.08. The first-order valence-corrected chi connectivity index (χ1v) is 24.2. The normalized spacial score (nSPS) is 24.5. The molecule has 0 aromatic heterocycles. The number of hydrogen-bond acceptors (Lipinski definition) is 13. The predicted molar refractivity (Wildman–Crippen MR) is 250 cm³/mol. The van der Waals surface area contributed by atoms with Crippen LogP contribution in [0.25, 0.3) is 0 Å². The molecule has 4 rings (SSSR count). The van der Waals surface area contributed by atoms with E-state index >= 15 is 0 Å². The van der Waals surface area contributed by atoms with Crippen molar-refractivity contribution in [3.8, 4) is 0 Å². The lowest BCUT2D eigenvalue weighted by Crippen LogP contribution is -2.56. The molecule has 2 saturated heterocycles. The number of hydrogen-bond donors (Lipinski definition) is 5. The van der Waals surface area contributed by atoms with Crippen LogP contribution in [0.2, 0.25) is 0 Å². The van der Waals surface area contributed by atoms with E-state index in [4.69, 9.17) is 23.7 Å². The first kappa shape index (κ1) is 54.4. The summed E-state index contributed by atoms with van der Waals surface area (Å²) in [6.07, 6.45) is 9.09. The minimum absolute atomic E-state index is 0.00389. The van der Waals surface area contributed by atoms with E-state index in [0.717, 1.165) is 50.5 Å². The van der Waals surface area contributed by atoms with Crippen molar-refractivity contribution in [1.29, 1.82) is 0 Å². The highest BCUT2D eigenvalue weighted by molar-refractivity contribution is 5.90. The smallest absolute Gasteiger partial charge is 0.407 e. The highest BCUT2D eigenvalue weighted by Crippen LogP contribution is 2.59. The molecule has 370 valence electrons. The van der Waals surface area contributed by atoms with Gasteiger partial charge >= 0.3 is 12.1 Å². The second kappa shape index (κ2) is 26.9. The number of ether oxygens (including phenoxy) is 5. The predicted octanol–water partition coefficient (Wildman–Crippen LogP) is 5.46. The second-order valence-corrected chi connectivity index (χ2v) is 19.5. The molecular weight excluding hydrogens is 847 g/mol. The van der Waals surface area contributed by atoms with Crippen molar-refractivity contribution >= 4 is 35.9 Å². The highest BCUT2D eigenvalue weighted by atomic mass is 16.6. The maximum atomic E-state index is 13.4. The van der Waals surface area contributed by atoms with Gasteiger partial charge in [-0.1, -0.05) is 88.9 Å². The molecule has 4 unspecified atom stereocenters. The summed E-state index contributed by atoms with van der Waals surface area (Å²) in [5.74, 6) is -1.22. The SMILES string of the molecule is COC1C(OC(=O)C[C@@H](COC(=O)NCCCCCCCC(=O)CNN[C@@H](CC(C)C)C(=O)N[C@@H](Cc2ccccc2)C(=O)NCC=O)C(C)C)CC[C@]2(CO2)C1C1(C)O[C@@H]1CC=C(C)C. The zero-order chi connectivity index (χ0) is 48.3. The lowest BCUT2D eigenvalue weighted by atomic mass is 9.68. The van der Waals surface area contributed by atoms with Gasteiger partial charge in [-0.25, -0.2) is 15.6 Å². The third-order valence-electron chi connectivity index (χ3n) is 13.1. The fourth-order valence-corrected chi connectivity index (χ4v) is 9.05. The Morgan fingerprint density at radius 1 is 0.939 bits per heavy atom. The average Bonchev–Trinajstić information content (AvgIpc) is 4.20. The highest BCUT2D eigenvalue weighted by Gasteiger charge is 2.72. The van der Waals surface area contributed by atoms with Crippen molar-refractivity contribution in [3.05, 3.63) is 47.5 Å². The summed E-state index contributed by atoms with van der Waals surface area (Å²) in [6, 6.07) is 7.72. The van der Waals surface area contributed by atoms with Crippen molar-refractivity contribution < 1.29 is 52.5 Å². The average molecular weight is 926 g/mol. The Hall–Kier alpha value is -4.22. The van der Waals surface area contributed by atoms with E-state index in [1.54, 1.807) is 7.11 Å². The van der Waals surface area contributed by atoms with Crippen LogP contribution in [0.4, 0.5) is 4.79 Å². The maximum absolute atomic E-state index is 13.4. The largest absolute Gasteiger partial charge is 0.460 e. The molecule has 3 aliphatic rings. The van der Waals surface area contributed by atoms with Gasteiger partial charge in [0.15, 0.2) is 0 Å². The Morgan fingerprint density at radius 2 is 1.65 bits per heavy atom. The summed E-state index contributed by atoms with van der Waals surface area (Å²) in [4.78, 5) is 75.6. The number of carbonyl (C=O) groups excluding carboxylic acids is 6. The molecule has 1 spiro atoms. The number of esters is 1. The number of nitrogens with one attached hydrogen (secondary N) is 5. The van der Waals surface area contributed by atoms with E-state index in [1.807, 2.05) is 58.0 Å². The molecule has 1 saturated carbocycles. The summed E-state index contributed by atoms with van der Waals surface area (Å²) >= 11 is 0. The molecule has 9 atom stereocenters. The van der Waals surface area contributed by atoms with Crippen LogP contribution in [-0.4, -0.2) is 118 Å². The van der Waals surface area contributed by atoms with Gasteiger partial charge in [-0.3, -0.25) is 19.2 Å². The zero-order valence-electron chi connectivity index (χ0n) is 40.7. The van der Waals surface area contributed by atoms with Gasteiger partial charge in [0.1, 0.15) is 47.6 Å². The molecule has 3 amide bonds. The van der Waals surface area contributed by atoms with E-state index < -0.39 is 35.8 Å². The van der Waals surface area contributed by atoms with Gasteiger partial charge in [0.25, 0.3) is 0 Å². The molecule has 1 aliphatic carbocycles. The number of methoxy groups -OCH3 is 1. The number of rotatable bonds is 31. The topological polar surface area (TPSA) is 215 Å². The number of allylic oxidation sites excluding steroid dienone is 1. The van der Waals surface area contributed by atoms with E-state index in [0.29, 0.717) is 38.7 Å². The first-order chi connectivity index (χ1) is 31.5. The number of Topliss-reactive ketones (excluding diaryl/α,β-unsaturated/α-hetero) is 1. The number of aldehydes is 1. The molecule has 16 nitrogen and oxygen atoms in total. The van der Waals surface area contributed by atoms with Gasteiger partial charge in [0.2, 0.25) is 11.8 Å². The Kier molecular flexibility index (Phi) is 22.2. The van der Waals surface area contributed by atoms with Crippen molar-refractivity contribution in [2.45, 2.75) is 167 Å². The lowest BCUT2D eigenvalue weighted by molar-refractivity contribution is -0.173. The van der Waals surface area contributed by atoms with Crippen LogP contribution in [0.3, 0.4) is 0 Å². The van der Waals surface area contributed by atoms with Crippen LogP contribution in [0.1, 0.15) is 125 Å². The number of benzene rings is 1. The quantitative estimate of drug-likeness (QED) is 0.0157. The number of ketones is 1. The Morgan fingerprint density at radius 3 is 2.30 bits per heavy atom. The standard InChI is InChI=1S/C50H79N5O11/c1-33(2)20-21-42-49(7,66-42)45-44(62-8)41(22-23-50(45)32-64-50)65-43(58)29-37(35(5)6)31-63-48(61)52-24-16-11-9-10-15-19-38(57)30-53-55-40(27-34(3)4)47(60)54-39(46(59)51-25-26-56)28-36-17-13-12-14-18-36/h12-14,17-18,20,26,34-35,37,39-42,44-45,53,55H,9-11,15-16,19,21-25,27-32H2,1-8H3,(H,51,59)(H,52,61)(H,54,60)/t37-,39-,40-,41?,42+,44?,45?,49?,50-/m0/s1. The molecule has 16 heteroatoms. The fourth-order valence-electron chi connectivity index (χ4n) is 9.05. The van der Waals surface area contributed by atoms with Gasteiger partial charge in [-0.2, -0.15) is 0 Å². The van der Waals surface area contributed by atoms with Gasteiger partial charge < -0.3 is 44.4 Å². The summed E-state index contributed by atoms with van der Waals surface area (Å²) in [6.45, 7) is 15.3. The van der Waals surface area contributed by atoms with Crippen LogP contribution in [0.15, 0.2) is 42.0 Å². The summed E-state index contributed by atoms with van der Waals surface area (Å²) < 4.78 is 30.0. The van der Waals surface area contributed by atoms with E-state index in [2.05, 4.69) is 53.6 Å². The number of unbranched alkanes of at least 4 members (excludes halogenated alkanes) is 4. The molecule has 0 bridgehead atoms. The van der Waals surface area contributed by atoms with E-state index in [9.17, 15) is 28.8 Å². The third-order valence-corrected chi connectivity index (χ3v) is 13.1. The fraction of sp³-hybridized carbons (Fsp3) is 0.720. The summed E-state index contributed by atoms with van der Waals surface area (Å²) in [5, 5.41) is 8.17. The molecule has 3 fully saturated rings. The molecule has 0 radical (unpaired) electrons. The van der Waals surface area contributed by atoms with Crippen molar-refractivity contribution in [2.75, 3.05) is 40.0 Å². The van der Waals surface area contributed by atoms with Gasteiger partial charge in [-0.05, 0) is 76.7 Å². The number of epoxide rings is 2. The summed E-state index contributed by atoms with van der Waals surface area (Å²) in [5.41, 5.74) is 7.27. The molecule has 66 heavy (non-hydrogen) atoms. The molecule has 1 aromatic carbocycles. The van der Waals surface area contributed by atoms with Crippen LogP contribution in [0, 0.1) is 23.7 Å². The lowest BCUT2D eigenvalue weighted by Gasteiger charge is -2.42. The van der Waals surface area contributed by atoms with Crippen LogP contribution >= 0.6 is 0 Å². The number of hydrazine groups is 1. The number of amides is 3. The molecule has 5 N–H and O–H groups in total. The first-order valence-electron chi connectivity index (χ1n) is 24.2. The number of alkyl carbamates (subject to hydrolysis) is 1. The van der Waals surface area contributed by atoms with Crippen molar-refractivity contribution in [3.63, 3.8) is 0 Å². The minimum Gasteiger partial charge on any atom is -0.460 e. The molecule has 1 aromatic rings. The Bertz CT molecular complexity index is 1750. The van der Waals surface area contributed by atoms with Crippen molar-refractivity contribution in [2.24, 2.45) is 23.7 Å². The van der Waals surface area contributed by atoms with Crippen molar-refractivity contribution in [1.82, 2.24) is 26.8 Å². The van der Waals surface area contributed by atoms with Gasteiger partial charge in [-0.15, -0.1) is 0 Å². The number of carbonyl (C=O) groups is 6. The second-order valence-electron chi connectivity index (χ2n) is 19.5. The van der Waals surface area contributed by atoms with Gasteiger partial charge in [0, 0.05) is 32.4 Å². The molecule has 2 aliphatic heterocycles. The van der Waals surface area contributed by atoms with Gasteiger partial charge in [0.05, 0.1) is 44.7 Å². The zero-order valence-corrected chi connectivity index (χ0v) is 40.7. The minimum atomic E-state index is -0.883. The van der Waals surface area contributed by atoms with E-state index in [-0.39, 0.29) is 91.7 Å². The van der Waals surface area contributed by atoms with Crippen LogP contribution in [-0.2, 0) is 54.1 Å². The monoisotopic (exact) mass is 926 g/mol. The molecular formula is C50H79N5O11.